The van der Waals surface area contributed by atoms with Gasteiger partial charge in [-0.1, -0.05) is 13.8 Å². The Bertz CT molecular complexity index is 189. The van der Waals surface area contributed by atoms with Crippen molar-refractivity contribution in [3.8, 4) is 0 Å². The first-order chi connectivity index (χ1) is 5.74. The van der Waals surface area contributed by atoms with Gasteiger partial charge in [0.15, 0.2) is 0 Å². The molecule has 1 heterocycles. The van der Waals surface area contributed by atoms with Crippen molar-refractivity contribution in [3.63, 3.8) is 0 Å². The fourth-order valence-electron chi connectivity index (χ4n) is 1.06. The molecule has 1 saturated heterocycles. The second kappa shape index (κ2) is 4.24. The predicted molar refractivity (Wildman–Crippen MR) is 48.9 cm³/mol. The molecule has 3 nitrogen and oxygen atoms in total. The van der Waals surface area contributed by atoms with E-state index in [1.807, 2.05) is 6.21 Å². The van der Waals surface area contributed by atoms with E-state index in [0.717, 1.165) is 19.4 Å². The first-order valence-corrected chi connectivity index (χ1v) is 4.58. The largest absolute Gasteiger partial charge is 0.273 e. The molecule has 12 heavy (non-hydrogen) atoms. The third-order valence-corrected chi connectivity index (χ3v) is 2.15. The lowest BCUT2D eigenvalue weighted by molar-refractivity contribution is -0.127. The van der Waals surface area contributed by atoms with Gasteiger partial charge in [-0.2, -0.15) is 5.10 Å². The number of rotatable bonds is 3. The molecule has 0 radical (unpaired) electrons. The summed E-state index contributed by atoms with van der Waals surface area (Å²) in [6, 6.07) is 0. The average molecular weight is 168 g/mol. The van der Waals surface area contributed by atoms with Crippen molar-refractivity contribution in [1.82, 2.24) is 5.01 Å². The molecule has 68 valence electrons. The third kappa shape index (κ3) is 2.32. The van der Waals surface area contributed by atoms with Gasteiger partial charge < -0.3 is 0 Å². The Labute approximate surface area is 73.4 Å². The van der Waals surface area contributed by atoms with E-state index in [1.165, 1.54) is 0 Å². The molecule has 0 aromatic carbocycles. The van der Waals surface area contributed by atoms with E-state index in [-0.39, 0.29) is 5.91 Å². The summed E-state index contributed by atoms with van der Waals surface area (Å²) in [6.07, 6.45) is 4.56. The summed E-state index contributed by atoms with van der Waals surface area (Å²) < 4.78 is 0. The Morgan fingerprint density at radius 2 is 2.50 bits per heavy atom. The number of carbonyl (C=O) groups excluding carboxylic acids is 1. The maximum Gasteiger partial charge on any atom is 0.242 e. The second-order valence-corrected chi connectivity index (χ2v) is 3.27. The van der Waals surface area contributed by atoms with E-state index < -0.39 is 0 Å². The minimum Gasteiger partial charge on any atom is -0.273 e. The van der Waals surface area contributed by atoms with Crippen LogP contribution in [0.5, 0.6) is 0 Å². The zero-order chi connectivity index (χ0) is 8.97. The van der Waals surface area contributed by atoms with E-state index in [4.69, 9.17) is 0 Å². The van der Waals surface area contributed by atoms with Crippen molar-refractivity contribution in [1.29, 1.82) is 0 Å². The maximum absolute atomic E-state index is 11.1. The molecular formula is C9H16N2O. The number of hydrogen-bond acceptors (Lipinski definition) is 2. The average Bonchev–Trinajstić information content (AvgIpc) is 2.47. The number of hydrazone groups is 1. The smallest absolute Gasteiger partial charge is 0.242 e. The molecule has 0 bridgehead atoms. The summed E-state index contributed by atoms with van der Waals surface area (Å²) in [4.78, 5) is 11.1. The van der Waals surface area contributed by atoms with E-state index in [2.05, 4.69) is 18.9 Å². The quantitative estimate of drug-likeness (QED) is 0.590. The fourth-order valence-corrected chi connectivity index (χ4v) is 1.06. The van der Waals surface area contributed by atoms with Gasteiger partial charge in [-0.25, -0.2) is 5.01 Å². The van der Waals surface area contributed by atoms with E-state index in [0.29, 0.717) is 12.3 Å². The molecule has 1 aliphatic rings. The third-order valence-electron chi connectivity index (χ3n) is 2.15. The van der Waals surface area contributed by atoms with Crippen molar-refractivity contribution in [2.45, 2.75) is 33.1 Å². The van der Waals surface area contributed by atoms with Crippen LogP contribution in [-0.4, -0.2) is 23.7 Å². The van der Waals surface area contributed by atoms with Gasteiger partial charge in [-0.3, -0.25) is 4.79 Å². The van der Waals surface area contributed by atoms with Crippen molar-refractivity contribution in [2.75, 3.05) is 6.54 Å². The number of carbonyl (C=O) groups is 1. The lowest BCUT2D eigenvalue weighted by Crippen LogP contribution is -2.18. The first kappa shape index (κ1) is 9.23. The molecule has 0 saturated carbocycles. The number of amides is 1. The molecule has 0 N–H and O–H groups in total. The lowest BCUT2D eigenvalue weighted by atomic mass is 10.1. The zero-order valence-corrected chi connectivity index (χ0v) is 7.79. The van der Waals surface area contributed by atoms with Crippen LogP contribution in [0, 0.1) is 5.92 Å². The van der Waals surface area contributed by atoms with Gasteiger partial charge in [0.2, 0.25) is 5.91 Å². The van der Waals surface area contributed by atoms with Crippen LogP contribution in [0.4, 0.5) is 0 Å². The van der Waals surface area contributed by atoms with Gasteiger partial charge >= 0.3 is 0 Å². The Morgan fingerprint density at radius 3 is 3.00 bits per heavy atom. The molecule has 0 aliphatic carbocycles. The Hall–Kier alpha value is -0.860. The summed E-state index contributed by atoms with van der Waals surface area (Å²) in [6.45, 7) is 5.01. The van der Waals surface area contributed by atoms with Gasteiger partial charge in [-0.05, 0) is 18.8 Å². The Kier molecular flexibility index (Phi) is 3.26. The molecule has 3 heteroatoms. The predicted octanol–water partition coefficient (Wildman–Crippen LogP) is 1.64. The summed E-state index contributed by atoms with van der Waals surface area (Å²) in [7, 11) is 0. The molecule has 1 unspecified atom stereocenters. The normalized spacial score (nSPS) is 20.8. The monoisotopic (exact) mass is 168 g/mol. The molecule has 1 fully saturated rings. The molecular weight excluding hydrogens is 152 g/mol. The second-order valence-electron chi connectivity index (χ2n) is 3.27. The molecule has 1 aliphatic heterocycles. The Balaban J connectivity index is 2.39. The van der Waals surface area contributed by atoms with Crippen molar-refractivity contribution >= 4 is 12.1 Å². The van der Waals surface area contributed by atoms with Crippen LogP contribution in [-0.2, 0) is 4.79 Å². The van der Waals surface area contributed by atoms with Crippen LogP contribution in [0.3, 0.4) is 0 Å². The molecule has 0 spiro atoms. The van der Waals surface area contributed by atoms with Crippen LogP contribution < -0.4 is 0 Å². The highest BCUT2D eigenvalue weighted by atomic mass is 16.2. The van der Waals surface area contributed by atoms with Gasteiger partial charge in [-0.15, -0.1) is 0 Å². The summed E-state index contributed by atoms with van der Waals surface area (Å²) >= 11 is 0. The highest BCUT2D eigenvalue weighted by molar-refractivity contribution is 5.78. The minimum atomic E-state index is 0.162. The summed E-state index contributed by atoms with van der Waals surface area (Å²) in [5, 5.41) is 5.71. The van der Waals surface area contributed by atoms with Gasteiger partial charge in [0.25, 0.3) is 0 Å². The molecule has 1 amide bonds. The molecule has 1 atom stereocenters. The highest BCUT2D eigenvalue weighted by Gasteiger charge is 2.18. The van der Waals surface area contributed by atoms with E-state index in [9.17, 15) is 4.79 Å². The number of nitrogens with zero attached hydrogens (tertiary/aromatic N) is 2. The topological polar surface area (TPSA) is 32.7 Å². The summed E-state index contributed by atoms with van der Waals surface area (Å²) in [5.74, 6) is 0.632. The van der Waals surface area contributed by atoms with Crippen molar-refractivity contribution in [3.05, 3.63) is 0 Å². The van der Waals surface area contributed by atoms with Gasteiger partial charge in [0, 0.05) is 19.2 Å². The SMILES string of the molecule is CCC(C)/C=N/N1CCCC1=O. The lowest BCUT2D eigenvalue weighted by Gasteiger charge is -2.08. The van der Waals surface area contributed by atoms with E-state index >= 15 is 0 Å². The minimum absolute atomic E-state index is 0.162. The van der Waals surface area contributed by atoms with Gasteiger partial charge in [0.1, 0.15) is 0 Å². The maximum atomic E-state index is 11.1. The van der Waals surface area contributed by atoms with Gasteiger partial charge in [0.05, 0.1) is 0 Å². The van der Waals surface area contributed by atoms with Crippen LogP contribution in [0.25, 0.3) is 0 Å². The fraction of sp³-hybridized carbons (Fsp3) is 0.778. The van der Waals surface area contributed by atoms with Crippen LogP contribution in [0.15, 0.2) is 5.10 Å². The number of hydrogen-bond donors (Lipinski definition) is 0. The van der Waals surface area contributed by atoms with Crippen LogP contribution in [0.2, 0.25) is 0 Å². The standard InChI is InChI=1S/C9H16N2O/c1-3-8(2)7-10-11-6-4-5-9(11)12/h7-8H,3-6H2,1-2H3/b10-7+. The van der Waals surface area contributed by atoms with Crippen molar-refractivity contribution in [2.24, 2.45) is 11.0 Å². The summed E-state index contributed by atoms with van der Waals surface area (Å²) in [5.41, 5.74) is 0. The van der Waals surface area contributed by atoms with Crippen LogP contribution in [0.1, 0.15) is 33.1 Å². The van der Waals surface area contributed by atoms with Crippen LogP contribution >= 0.6 is 0 Å². The molecule has 1 rings (SSSR count). The highest BCUT2D eigenvalue weighted by Crippen LogP contribution is 2.09. The first-order valence-electron chi connectivity index (χ1n) is 4.58. The zero-order valence-electron chi connectivity index (χ0n) is 7.79. The molecule has 0 aromatic heterocycles. The molecule has 0 aromatic rings. The van der Waals surface area contributed by atoms with Crippen molar-refractivity contribution < 1.29 is 4.79 Å². The Morgan fingerprint density at radius 1 is 1.75 bits per heavy atom. The van der Waals surface area contributed by atoms with E-state index in [1.54, 1.807) is 5.01 Å².